The molecule has 0 saturated heterocycles. The molecule has 0 aliphatic heterocycles. The van der Waals surface area contributed by atoms with E-state index in [0.29, 0.717) is 15.6 Å². The predicted molar refractivity (Wildman–Crippen MR) is 92.0 cm³/mol. The minimum absolute atomic E-state index is 0.145. The van der Waals surface area contributed by atoms with E-state index < -0.39 is 27.1 Å². The molecular weight excluding hydrogens is 373 g/mol. The van der Waals surface area contributed by atoms with Crippen LogP contribution in [0.4, 0.5) is 11.4 Å². The van der Waals surface area contributed by atoms with Crippen LogP contribution in [-0.2, 0) is 6.54 Å². The molecule has 0 N–H and O–H groups in total. The second-order valence-electron chi connectivity index (χ2n) is 5.16. The van der Waals surface area contributed by atoms with Crippen molar-refractivity contribution in [1.29, 1.82) is 0 Å². The number of amides is 1. The van der Waals surface area contributed by atoms with Crippen molar-refractivity contribution in [2.24, 2.45) is 0 Å². The number of carbonyl (C=O) groups is 1. The molecule has 25 heavy (non-hydrogen) atoms. The van der Waals surface area contributed by atoms with E-state index in [-0.39, 0.29) is 12.1 Å². The molecule has 0 aromatic heterocycles. The van der Waals surface area contributed by atoms with Crippen molar-refractivity contribution in [2.45, 2.75) is 6.54 Å². The Morgan fingerprint density at radius 3 is 2.04 bits per heavy atom. The first-order chi connectivity index (χ1) is 11.7. The van der Waals surface area contributed by atoms with Gasteiger partial charge in [0.25, 0.3) is 17.3 Å². The summed E-state index contributed by atoms with van der Waals surface area (Å²) in [6.07, 6.45) is 0. The lowest BCUT2D eigenvalue weighted by Gasteiger charge is -2.17. The highest BCUT2D eigenvalue weighted by atomic mass is 35.5. The van der Waals surface area contributed by atoms with E-state index >= 15 is 0 Å². The molecule has 130 valence electrons. The molecule has 2 aromatic carbocycles. The minimum Gasteiger partial charge on any atom is -0.337 e. The van der Waals surface area contributed by atoms with Crippen LogP contribution < -0.4 is 0 Å². The van der Waals surface area contributed by atoms with Crippen LogP contribution in [-0.4, -0.2) is 27.7 Å². The van der Waals surface area contributed by atoms with Gasteiger partial charge in [-0.1, -0.05) is 29.3 Å². The normalized spacial score (nSPS) is 10.4. The average Bonchev–Trinajstić information content (AvgIpc) is 2.56. The van der Waals surface area contributed by atoms with Crippen LogP contribution in [0.3, 0.4) is 0 Å². The van der Waals surface area contributed by atoms with E-state index in [2.05, 4.69) is 0 Å². The molecule has 0 heterocycles. The Bertz CT molecular complexity index is 840. The Morgan fingerprint density at radius 2 is 1.56 bits per heavy atom. The van der Waals surface area contributed by atoms with Crippen LogP contribution in [0.5, 0.6) is 0 Å². The Balaban J connectivity index is 2.30. The van der Waals surface area contributed by atoms with Crippen molar-refractivity contribution >= 4 is 40.5 Å². The van der Waals surface area contributed by atoms with Crippen molar-refractivity contribution in [1.82, 2.24) is 4.90 Å². The second kappa shape index (κ2) is 7.45. The standard InChI is InChI=1S/C15H11Cl2N3O5/c1-18(8-9-2-3-13(16)14(17)4-9)15(21)10-5-11(19(22)23)7-12(6-10)20(24)25/h2-7H,8H2,1H3. The summed E-state index contributed by atoms with van der Waals surface area (Å²) in [5, 5.41) is 22.5. The summed E-state index contributed by atoms with van der Waals surface area (Å²) < 4.78 is 0. The van der Waals surface area contributed by atoms with E-state index in [9.17, 15) is 25.0 Å². The number of rotatable bonds is 5. The highest BCUT2D eigenvalue weighted by molar-refractivity contribution is 6.42. The summed E-state index contributed by atoms with van der Waals surface area (Å²) in [6.45, 7) is 0.145. The lowest BCUT2D eigenvalue weighted by Crippen LogP contribution is -2.26. The number of benzene rings is 2. The van der Waals surface area contributed by atoms with E-state index in [1.165, 1.54) is 11.9 Å². The SMILES string of the molecule is CN(Cc1ccc(Cl)c(Cl)c1)C(=O)c1cc([N+](=O)[O-])cc([N+](=O)[O-])c1. The van der Waals surface area contributed by atoms with Crippen molar-refractivity contribution in [3.8, 4) is 0 Å². The van der Waals surface area contributed by atoms with Crippen molar-refractivity contribution < 1.29 is 14.6 Å². The van der Waals surface area contributed by atoms with Gasteiger partial charge in [0.15, 0.2) is 0 Å². The van der Waals surface area contributed by atoms with Crippen LogP contribution in [0, 0.1) is 20.2 Å². The summed E-state index contributed by atoms with van der Waals surface area (Å²) in [5.74, 6) is -0.599. The molecular formula is C15H11Cl2N3O5. The highest BCUT2D eigenvalue weighted by Crippen LogP contribution is 2.25. The van der Waals surface area contributed by atoms with Gasteiger partial charge in [0.2, 0.25) is 0 Å². The maximum atomic E-state index is 12.5. The maximum Gasteiger partial charge on any atom is 0.277 e. The van der Waals surface area contributed by atoms with Crippen molar-refractivity contribution in [3.05, 3.63) is 77.8 Å². The predicted octanol–water partition coefficient (Wildman–Crippen LogP) is 4.08. The average molecular weight is 384 g/mol. The van der Waals surface area contributed by atoms with Crippen LogP contribution >= 0.6 is 23.2 Å². The van der Waals surface area contributed by atoms with E-state index in [1.54, 1.807) is 18.2 Å². The number of carbonyl (C=O) groups excluding carboxylic acids is 1. The van der Waals surface area contributed by atoms with E-state index in [1.807, 2.05) is 0 Å². The molecule has 1 amide bonds. The molecule has 8 nitrogen and oxygen atoms in total. The number of nitro benzene ring substituents is 2. The highest BCUT2D eigenvalue weighted by Gasteiger charge is 2.22. The van der Waals surface area contributed by atoms with Gasteiger partial charge in [0, 0.05) is 25.7 Å². The number of halogens is 2. The summed E-state index contributed by atoms with van der Waals surface area (Å²) in [5.41, 5.74) is -0.519. The molecule has 0 bridgehead atoms. The molecule has 0 fully saturated rings. The van der Waals surface area contributed by atoms with Crippen LogP contribution in [0.1, 0.15) is 15.9 Å². The molecule has 0 saturated carbocycles. The molecule has 2 rings (SSSR count). The van der Waals surface area contributed by atoms with Crippen LogP contribution in [0.25, 0.3) is 0 Å². The zero-order valence-electron chi connectivity index (χ0n) is 12.8. The molecule has 0 aliphatic carbocycles. The maximum absolute atomic E-state index is 12.5. The topological polar surface area (TPSA) is 107 Å². The fraction of sp³-hybridized carbons (Fsp3) is 0.133. The lowest BCUT2D eigenvalue weighted by atomic mass is 10.1. The summed E-state index contributed by atoms with van der Waals surface area (Å²) in [6, 6.07) is 7.64. The van der Waals surface area contributed by atoms with Gasteiger partial charge >= 0.3 is 0 Å². The molecule has 2 aromatic rings. The third kappa shape index (κ3) is 4.43. The first-order valence-corrected chi connectivity index (χ1v) is 7.58. The number of non-ortho nitro benzene ring substituents is 2. The zero-order valence-corrected chi connectivity index (χ0v) is 14.3. The Kier molecular flexibility index (Phi) is 5.55. The number of hydrogen-bond donors (Lipinski definition) is 0. The van der Waals surface area contributed by atoms with Gasteiger partial charge in [0.05, 0.1) is 31.5 Å². The fourth-order valence-electron chi connectivity index (χ4n) is 2.13. The number of nitrogens with zero attached hydrogens (tertiary/aromatic N) is 3. The summed E-state index contributed by atoms with van der Waals surface area (Å²) in [7, 11) is 1.47. The van der Waals surface area contributed by atoms with Gasteiger partial charge in [-0.2, -0.15) is 0 Å². The van der Waals surface area contributed by atoms with Crippen molar-refractivity contribution in [3.63, 3.8) is 0 Å². The summed E-state index contributed by atoms with van der Waals surface area (Å²) in [4.78, 5) is 34.0. The second-order valence-corrected chi connectivity index (χ2v) is 5.98. The fourth-order valence-corrected chi connectivity index (χ4v) is 2.45. The van der Waals surface area contributed by atoms with Gasteiger partial charge in [-0.3, -0.25) is 25.0 Å². The first-order valence-electron chi connectivity index (χ1n) is 6.82. The van der Waals surface area contributed by atoms with Gasteiger partial charge < -0.3 is 4.90 Å². The monoisotopic (exact) mass is 383 g/mol. The molecule has 0 aliphatic rings. The lowest BCUT2D eigenvalue weighted by molar-refractivity contribution is -0.394. The van der Waals surface area contributed by atoms with E-state index in [0.717, 1.165) is 18.2 Å². The van der Waals surface area contributed by atoms with E-state index in [4.69, 9.17) is 23.2 Å². The van der Waals surface area contributed by atoms with Crippen LogP contribution in [0.15, 0.2) is 36.4 Å². The Hall–Kier alpha value is -2.71. The molecule has 0 atom stereocenters. The van der Waals surface area contributed by atoms with Crippen molar-refractivity contribution in [2.75, 3.05) is 7.05 Å². The summed E-state index contributed by atoms with van der Waals surface area (Å²) >= 11 is 11.7. The first kappa shape index (κ1) is 18.6. The Labute approximate surface area is 151 Å². The van der Waals surface area contributed by atoms with Gasteiger partial charge in [-0.05, 0) is 17.7 Å². The third-order valence-electron chi connectivity index (χ3n) is 3.32. The minimum atomic E-state index is -0.789. The van der Waals surface area contributed by atoms with Gasteiger partial charge in [-0.15, -0.1) is 0 Å². The van der Waals surface area contributed by atoms with Gasteiger partial charge in [0.1, 0.15) is 0 Å². The van der Waals surface area contributed by atoms with Crippen LogP contribution in [0.2, 0.25) is 10.0 Å². The number of nitro groups is 2. The molecule has 0 unspecified atom stereocenters. The smallest absolute Gasteiger partial charge is 0.277 e. The third-order valence-corrected chi connectivity index (χ3v) is 4.06. The quantitative estimate of drug-likeness (QED) is 0.570. The molecule has 0 spiro atoms. The molecule has 10 heteroatoms. The van der Waals surface area contributed by atoms with Gasteiger partial charge in [-0.25, -0.2) is 0 Å². The Morgan fingerprint density at radius 1 is 1.00 bits per heavy atom. The zero-order chi connectivity index (χ0) is 18.7. The molecule has 0 radical (unpaired) electrons. The largest absolute Gasteiger partial charge is 0.337 e. The number of hydrogen-bond acceptors (Lipinski definition) is 5.